The van der Waals surface area contributed by atoms with Gasteiger partial charge >= 0.3 is 6.18 Å². The van der Waals surface area contributed by atoms with Crippen LogP contribution in [0.25, 0.3) is 0 Å². The molecule has 0 amide bonds. The van der Waals surface area contributed by atoms with E-state index in [-0.39, 0.29) is 22.9 Å². The van der Waals surface area contributed by atoms with Crippen LogP contribution < -0.4 is 4.43 Å². The fourth-order valence-corrected chi connectivity index (χ4v) is 8.78. The van der Waals surface area contributed by atoms with Gasteiger partial charge < -0.3 is 4.43 Å². The van der Waals surface area contributed by atoms with Crippen LogP contribution in [0.4, 0.5) is 17.6 Å². The second kappa shape index (κ2) is 7.25. The van der Waals surface area contributed by atoms with E-state index in [2.05, 4.69) is 0 Å². The number of hydrogen-bond acceptors (Lipinski definition) is 2. The lowest BCUT2D eigenvalue weighted by Gasteiger charge is -2.42. The molecule has 0 aromatic heterocycles. The third-order valence-electron chi connectivity index (χ3n) is 4.53. The number of carbonyl (C=O) groups excluding carboxylic acids is 1. The summed E-state index contributed by atoms with van der Waals surface area (Å²) in [5, 5.41) is 0. The average molecular weight is 364 g/mol. The molecular formula is C17H24F4O2Si. The molecule has 0 spiro atoms. The first-order valence-corrected chi connectivity index (χ1v) is 10.1. The van der Waals surface area contributed by atoms with E-state index in [4.69, 9.17) is 4.43 Å². The summed E-state index contributed by atoms with van der Waals surface area (Å²) >= 11 is 0. The lowest BCUT2D eigenvalue weighted by molar-refractivity contribution is -0.137. The molecule has 0 saturated carbocycles. The Balaban J connectivity index is 3.53. The van der Waals surface area contributed by atoms with E-state index in [0.717, 1.165) is 0 Å². The Hall–Kier alpha value is -1.37. The monoisotopic (exact) mass is 364 g/mol. The molecule has 0 bridgehead atoms. The number of halogens is 4. The number of benzene rings is 1. The molecule has 0 saturated heterocycles. The van der Waals surface area contributed by atoms with Crippen molar-refractivity contribution in [3.8, 4) is 5.75 Å². The van der Waals surface area contributed by atoms with E-state index in [0.29, 0.717) is 12.1 Å². The predicted molar refractivity (Wildman–Crippen MR) is 88.5 cm³/mol. The molecule has 24 heavy (non-hydrogen) atoms. The Morgan fingerprint density at radius 3 is 1.79 bits per heavy atom. The topological polar surface area (TPSA) is 26.3 Å². The van der Waals surface area contributed by atoms with Crippen LogP contribution in [0.1, 0.15) is 57.5 Å². The standard InChI is InChI=1S/C17H24F4O2Si/c1-10(2)24(11(3)4,12(5)6)23-16-8-14(17(19,20)21)13(9-22)7-15(16)18/h7-12H,1-6H3. The Morgan fingerprint density at radius 2 is 1.46 bits per heavy atom. The van der Waals surface area contributed by atoms with Crippen molar-refractivity contribution < 1.29 is 26.8 Å². The van der Waals surface area contributed by atoms with Crippen molar-refractivity contribution in [2.24, 2.45) is 0 Å². The van der Waals surface area contributed by atoms with Crippen LogP contribution in [0.2, 0.25) is 16.6 Å². The average Bonchev–Trinajstić information content (AvgIpc) is 2.42. The van der Waals surface area contributed by atoms with E-state index in [9.17, 15) is 22.4 Å². The number of rotatable bonds is 6. The quantitative estimate of drug-likeness (QED) is 0.341. The molecule has 0 fully saturated rings. The first-order chi connectivity index (χ1) is 10.9. The summed E-state index contributed by atoms with van der Waals surface area (Å²) in [5.74, 6) is -1.36. The molecule has 0 N–H and O–H groups in total. The van der Waals surface area contributed by atoms with Gasteiger partial charge in [0.15, 0.2) is 12.1 Å². The highest BCUT2D eigenvalue weighted by Crippen LogP contribution is 2.44. The summed E-state index contributed by atoms with van der Waals surface area (Å²) < 4.78 is 59.7. The van der Waals surface area contributed by atoms with Crippen LogP contribution >= 0.6 is 0 Å². The van der Waals surface area contributed by atoms with Crippen molar-refractivity contribution in [1.29, 1.82) is 0 Å². The maximum absolute atomic E-state index is 14.3. The maximum atomic E-state index is 14.3. The third-order valence-corrected chi connectivity index (χ3v) is 10.5. The van der Waals surface area contributed by atoms with E-state index in [1.807, 2.05) is 41.5 Å². The van der Waals surface area contributed by atoms with Crippen molar-refractivity contribution in [3.63, 3.8) is 0 Å². The lowest BCUT2D eigenvalue weighted by atomic mass is 10.1. The molecule has 0 heterocycles. The Bertz CT molecular complexity index is 573. The molecule has 1 aromatic carbocycles. The summed E-state index contributed by atoms with van der Waals surface area (Å²) in [6.45, 7) is 11.7. The van der Waals surface area contributed by atoms with Crippen molar-refractivity contribution >= 4 is 14.6 Å². The number of carbonyl (C=O) groups is 1. The zero-order valence-corrected chi connectivity index (χ0v) is 15.8. The molecule has 1 aromatic rings. The van der Waals surface area contributed by atoms with Crippen LogP contribution in [0.5, 0.6) is 5.75 Å². The summed E-state index contributed by atoms with van der Waals surface area (Å²) in [5.41, 5.74) is -1.66. The molecule has 0 radical (unpaired) electrons. The van der Waals surface area contributed by atoms with Gasteiger partial charge in [0.05, 0.1) is 5.56 Å². The summed E-state index contributed by atoms with van der Waals surface area (Å²) in [6.07, 6.45) is -4.74. The Labute approximate surface area is 141 Å². The summed E-state index contributed by atoms with van der Waals surface area (Å²) in [7, 11) is -2.61. The smallest absolute Gasteiger partial charge is 0.417 e. The minimum Gasteiger partial charge on any atom is -0.541 e. The molecule has 0 unspecified atom stereocenters. The number of alkyl halides is 3. The van der Waals surface area contributed by atoms with Gasteiger partial charge in [-0.15, -0.1) is 0 Å². The third kappa shape index (κ3) is 3.82. The SMILES string of the molecule is CC(C)[Si](Oc1cc(C(F)(F)F)c(C=O)cc1F)(C(C)C)C(C)C. The molecule has 2 nitrogen and oxygen atoms in total. The predicted octanol–water partition coefficient (Wildman–Crippen LogP) is 6.21. The van der Waals surface area contributed by atoms with E-state index >= 15 is 0 Å². The maximum Gasteiger partial charge on any atom is 0.417 e. The Kier molecular flexibility index (Phi) is 6.24. The summed E-state index contributed by atoms with van der Waals surface area (Å²) in [6, 6.07) is 1.22. The van der Waals surface area contributed by atoms with Gasteiger partial charge in [-0.3, -0.25) is 4.79 Å². The van der Waals surface area contributed by atoms with Crippen molar-refractivity contribution in [2.75, 3.05) is 0 Å². The normalized spacial score (nSPS) is 13.0. The second-order valence-electron chi connectivity index (χ2n) is 6.91. The van der Waals surface area contributed by atoms with Gasteiger partial charge in [0.1, 0.15) is 5.75 Å². The first kappa shape index (κ1) is 20.7. The van der Waals surface area contributed by atoms with Crippen LogP contribution in [0.15, 0.2) is 12.1 Å². The number of aldehydes is 1. The van der Waals surface area contributed by atoms with Gasteiger partial charge in [-0.25, -0.2) is 4.39 Å². The Morgan fingerprint density at radius 1 is 1.00 bits per heavy atom. The highest BCUT2D eigenvalue weighted by Gasteiger charge is 2.47. The van der Waals surface area contributed by atoms with Crippen LogP contribution in [-0.4, -0.2) is 14.6 Å². The van der Waals surface area contributed by atoms with Crippen LogP contribution in [-0.2, 0) is 6.18 Å². The summed E-state index contributed by atoms with van der Waals surface area (Å²) in [4.78, 5) is 10.8. The number of hydrogen-bond donors (Lipinski definition) is 0. The highest BCUT2D eigenvalue weighted by atomic mass is 28.4. The molecule has 7 heteroatoms. The molecule has 136 valence electrons. The first-order valence-electron chi connectivity index (χ1n) is 7.92. The zero-order valence-electron chi connectivity index (χ0n) is 14.8. The van der Waals surface area contributed by atoms with Crippen molar-refractivity contribution in [1.82, 2.24) is 0 Å². The van der Waals surface area contributed by atoms with Gasteiger partial charge in [0, 0.05) is 5.56 Å². The fraction of sp³-hybridized carbons (Fsp3) is 0.588. The van der Waals surface area contributed by atoms with E-state index in [1.165, 1.54) is 0 Å². The second-order valence-corrected chi connectivity index (χ2v) is 12.3. The van der Waals surface area contributed by atoms with Gasteiger partial charge in [-0.05, 0) is 28.8 Å². The molecule has 0 aliphatic carbocycles. The molecule has 0 atom stereocenters. The fourth-order valence-electron chi connectivity index (χ4n) is 3.53. The largest absolute Gasteiger partial charge is 0.541 e. The van der Waals surface area contributed by atoms with Gasteiger partial charge in [-0.2, -0.15) is 13.2 Å². The molecule has 1 rings (SSSR count). The van der Waals surface area contributed by atoms with Gasteiger partial charge in [0.25, 0.3) is 8.32 Å². The van der Waals surface area contributed by atoms with Gasteiger partial charge in [-0.1, -0.05) is 41.5 Å². The highest BCUT2D eigenvalue weighted by molar-refractivity contribution is 6.78. The van der Waals surface area contributed by atoms with Crippen LogP contribution in [0, 0.1) is 5.82 Å². The van der Waals surface area contributed by atoms with E-state index < -0.39 is 37.2 Å². The molecule has 0 aliphatic rings. The minimum atomic E-state index is -4.75. The molecule has 0 aliphatic heterocycles. The van der Waals surface area contributed by atoms with E-state index in [1.54, 1.807) is 0 Å². The van der Waals surface area contributed by atoms with Gasteiger partial charge in [0.2, 0.25) is 0 Å². The zero-order chi connectivity index (χ0) is 18.9. The van der Waals surface area contributed by atoms with Crippen molar-refractivity contribution in [2.45, 2.75) is 64.3 Å². The van der Waals surface area contributed by atoms with Crippen LogP contribution in [0.3, 0.4) is 0 Å². The lowest BCUT2D eigenvalue weighted by Crippen LogP contribution is -2.50. The minimum absolute atomic E-state index is 0.00764. The van der Waals surface area contributed by atoms with Crippen molar-refractivity contribution in [3.05, 3.63) is 29.1 Å². The molecular weight excluding hydrogens is 340 g/mol.